The summed E-state index contributed by atoms with van der Waals surface area (Å²) in [6.07, 6.45) is 9.78. The van der Waals surface area contributed by atoms with Gasteiger partial charge in [0.05, 0.1) is 18.2 Å². The van der Waals surface area contributed by atoms with Crippen LogP contribution in [0.15, 0.2) is 53.6 Å². The first-order chi connectivity index (χ1) is 26.6. The summed E-state index contributed by atoms with van der Waals surface area (Å²) in [6.45, 7) is 5.68. The molecule has 6 aliphatic rings. The van der Waals surface area contributed by atoms with E-state index in [0.717, 1.165) is 4.90 Å². The molecule has 1 aromatic carbocycles. The van der Waals surface area contributed by atoms with Crippen LogP contribution >= 0.6 is 0 Å². The third-order valence-electron chi connectivity index (χ3n) is 12.6. The van der Waals surface area contributed by atoms with Crippen LogP contribution in [-0.2, 0) is 43.0 Å². The van der Waals surface area contributed by atoms with Gasteiger partial charge in [-0.2, -0.15) is 0 Å². The Morgan fingerprint density at radius 1 is 0.982 bits per heavy atom. The van der Waals surface area contributed by atoms with Gasteiger partial charge in [-0.05, 0) is 83.4 Å². The Bertz CT molecular complexity index is 2030. The maximum atomic E-state index is 13.9. The number of likely N-dealkylation sites (tertiary alicyclic amines) is 1. The number of benzene rings is 1. The van der Waals surface area contributed by atoms with Crippen molar-refractivity contribution in [3.8, 4) is 0 Å². The molecule has 15 nitrogen and oxygen atoms in total. The number of amides is 5. The zero-order valence-electron chi connectivity index (χ0n) is 31.9. The SMILES string of the molecule is COC(=O)C1=CCC23CCC(C(C)(C=CC=C(C)C(=O)N4CCC(Nc5cccc6c5C(=O)N(C5CCC(=O)NC5=O)C6=O)CC4)OC2=O)C3(OC(C)=O)CC1. The zero-order chi connectivity index (χ0) is 40.2. The number of methoxy groups -OCH3 is 1. The molecular formula is C41H46N4O11. The van der Waals surface area contributed by atoms with Gasteiger partial charge in [-0.25, -0.2) is 4.79 Å². The van der Waals surface area contributed by atoms with E-state index in [4.69, 9.17) is 14.2 Å². The summed E-state index contributed by atoms with van der Waals surface area (Å²) in [6, 6.07) is 3.77. The molecule has 3 saturated heterocycles. The first kappa shape index (κ1) is 38.7. The maximum Gasteiger partial charge on any atom is 0.333 e. The predicted molar refractivity (Wildman–Crippen MR) is 197 cm³/mol. The highest BCUT2D eigenvalue weighted by Crippen LogP contribution is 2.65. The number of hydrogen-bond donors (Lipinski definition) is 2. The third kappa shape index (κ3) is 6.30. The number of imide groups is 2. The van der Waals surface area contributed by atoms with Crippen molar-refractivity contribution in [3.63, 3.8) is 0 Å². The summed E-state index contributed by atoms with van der Waals surface area (Å²) >= 11 is 0. The average molecular weight is 771 g/mol. The summed E-state index contributed by atoms with van der Waals surface area (Å²) in [7, 11) is 1.30. The average Bonchev–Trinajstić information content (AvgIpc) is 3.50. The molecule has 0 aromatic heterocycles. The van der Waals surface area contributed by atoms with Crippen LogP contribution in [0.1, 0.15) is 99.3 Å². The van der Waals surface area contributed by atoms with Crippen LogP contribution in [-0.4, -0.2) is 101 Å². The van der Waals surface area contributed by atoms with Gasteiger partial charge >= 0.3 is 17.9 Å². The highest BCUT2D eigenvalue weighted by atomic mass is 16.6. The topological polar surface area (TPSA) is 195 Å². The van der Waals surface area contributed by atoms with Gasteiger partial charge in [0.15, 0.2) is 0 Å². The molecule has 0 spiro atoms. The molecule has 15 heteroatoms. The van der Waals surface area contributed by atoms with Gasteiger partial charge in [-0.15, -0.1) is 0 Å². The van der Waals surface area contributed by atoms with Gasteiger partial charge in [0.2, 0.25) is 17.7 Å². The Balaban J connectivity index is 0.999. The highest BCUT2D eigenvalue weighted by molar-refractivity contribution is 6.25. The Labute approximate surface area is 323 Å². The molecule has 296 valence electrons. The summed E-state index contributed by atoms with van der Waals surface area (Å²) in [5.41, 5.74) is -1.73. The van der Waals surface area contributed by atoms with Crippen molar-refractivity contribution < 1.29 is 52.6 Å². The Hall–Kier alpha value is -5.60. The summed E-state index contributed by atoms with van der Waals surface area (Å²) in [4.78, 5) is 106. The van der Waals surface area contributed by atoms with Crippen LogP contribution in [0, 0.1) is 11.3 Å². The molecule has 0 radical (unpaired) electrons. The Morgan fingerprint density at radius 3 is 2.43 bits per heavy atom. The van der Waals surface area contributed by atoms with E-state index in [2.05, 4.69) is 10.6 Å². The minimum Gasteiger partial charge on any atom is -0.466 e. The number of cyclic esters (lactones) is 1. The summed E-state index contributed by atoms with van der Waals surface area (Å²) < 4.78 is 17.2. The van der Waals surface area contributed by atoms with Crippen molar-refractivity contribution in [2.45, 2.75) is 102 Å². The second kappa shape index (κ2) is 14.5. The lowest BCUT2D eigenvalue weighted by Gasteiger charge is -2.54. The van der Waals surface area contributed by atoms with E-state index < -0.39 is 70.1 Å². The fourth-order valence-corrected chi connectivity index (χ4v) is 9.78. The van der Waals surface area contributed by atoms with Crippen molar-refractivity contribution in [3.05, 3.63) is 64.8 Å². The van der Waals surface area contributed by atoms with Crippen LogP contribution in [0.2, 0.25) is 0 Å². The van der Waals surface area contributed by atoms with Crippen LogP contribution in [0.4, 0.5) is 5.69 Å². The number of hydrogen-bond acceptors (Lipinski definition) is 12. The number of esters is 3. The summed E-state index contributed by atoms with van der Waals surface area (Å²) in [5.74, 6) is -4.32. The molecule has 4 aliphatic heterocycles. The van der Waals surface area contributed by atoms with Crippen molar-refractivity contribution in [2.24, 2.45) is 11.3 Å². The molecule has 2 aliphatic carbocycles. The first-order valence-electron chi connectivity index (χ1n) is 19.1. The molecule has 5 amide bonds. The number of carbonyl (C=O) groups is 8. The minimum absolute atomic E-state index is 0.0326. The van der Waals surface area contributed by atoms with Gasteiger partial charge in [0, 0.05) is 55.2 Å². The molecule has 7 rings (SSSR count). The van der Waals surface area contributed by atoms with Gasteiger partial charge in [0.1, 0.15) is 22.7 Å². The monoisotopic (exact) mass is 770 g/mol. The van der Waals surface area contributed by atoms with Crippen LogP contribution in [0.25, 0.3) is 0 Å². The fourth-order valence-electron chi connectivity index (χ4n) is 9.78. The first-order valence-corrected chi connectivity index (χ1v) is 19.1. The number of anilines is 1. The predicted octanol–water partition coefficient (Wildman–Crippen LogP) is 3.29. The second-order valence-corrected chi connectivity index (χ2v) is 15.7. The summed E-state index contributed by atoms with van der Waals surface area (Å²) in [5, 5.41) is 5.59. The number of nitrogens with zero attached hydrogens (tertiary/aromatic N) is 2. The number of fused-ring (bicyclic) bond motifs is 1. The van der Waals surface area contributed by atoms with Gasteiger partial charge in [-0.1, -0.05) is 24.3 Å². The molecular weight excluding hydrogens is 724 g/mol. The van der Waals surface area contributed by atoms with E-state index in [0.29, 0.717) is 55.6 Å². The molecule has 2 bridgehead atoms. The van der Waals surface area contributed by atoms with Gasteiger partial charge in [-0.3, -0.25) is 43.8 Å². The molecule has 56 heavy (non-hydrogen) atoms. The van der Waals surface area contributed by atoms with Crippen molar-refractivity contribution >= 4 is 53.1 Å². The molecule has 4 heterocycles. The van der Waals surface area contributed by atoms with Crippen LogP contribution in [0.3, 0.4) is 0 Å². The number of nitrogens with one attached hydrogen (secondary N) is 2. The molecule has 4 fully saturated rings. The van der Waals surface area contributed by atoms with E-state index in [-0.39, 0.29) is 55.2 Å². The lowest BCUT2D eigenvalue weighted by Crippen LogP contribution is -2.65. The third-order valence-corrected chi connectivity index (χ3v) is 12.6. The lowest BCUT2D eigenvalue weighted by molar-refractivity contribution is -0.235. The maximum absolute atomic E-state index is 13.9. The number of allylic oxidation sites excluding steroid dienone is 3. The minimum atomic E-state index is -1.19. The largest absolute Gasteiger partial charge is 0.466 e. The molecule has 5 unspecified atom stereocenters. The normalized spacial score (nSPS) is 30.6. The number of piperidine rings is 2. The lowest BCUT2D eigenvalue weighted by atomic mass is 9.62. The molecule has 5 atom stereocenters. The zero-order valence-corrected chi connectivity index (χ0v) is 31.9. The number of carbonyl (C=O) groups excluding carboxylic acids is 8. The van der Waals surface area contributed by atoms with Crippen LogP contribution in [0.5, 0.6) is 0 Å². The van der Waals surface area contributed by atoms with E-state index in [9.17, 15) is 38.4 Å². The standard InChI is InChI=1S/C41H46N4O11/c1-23(7-6-17-39(3)30-14-19-40(38(53)56-39)18-12-25(37(52)54-4)13-20-41(30,40)55-24(2)46)34(49)44-21-15-26(16-22-44)42-28-9-5-8-27-32(28)36(51)45(35(27)50)29-10-11-31(47)43-33(29)48/h5-9,12,17,26,29-30,42H,10-11,13-16,18-22H2,1-4H3,(H,43,47,48). The molecule has 1 saturated carbocycles. The van der Waals surface area contributed by atoms with E-state index in [1.54, 1.807) is 61.3 Å². The fraction of sp³-hybridized carbons (Fsp3) is 0.512. The van der Waals surface area contributed by atoms with Crippen molar-refractivity contribution in [1.29, 1.82) is 0 Å². The van der Waals surface area contributed by atoms with E-state index in [1.165, 1.54) is 14.0 Å². The van der Waals surface area contributed by atoms with Gasteiger partial charge < -0.3 is 24.4 Å². The number of rotatable bonds is 8. The Morgan fingerprint density at radius 2 is 1.73 bits per heavy atom. The quantitative estimate of drug-likeness (QED) is 0.129. The number of ether oxygens (including phenoxy) is 3. The van der Waals surface area contributed by atoms with E-state index >= 15 is 0 Å². The molecule has 1 aromatic rings. The van der Waals surface area contributed by atoms with Crippen LogP contribution < -0.4 is 10.6 Å². The smallest absolute Gasteiger partial charge is 0.333 e. The molecule has 2 N–H and O–H groups in total. The second-order valence-electron chi connectivity index (χ2n) is 15.7. The van der Waals surface area contributed by atoms with E-state index in [1.807, 2.05) is 0 Å². The Kier molecular flexibility index (Phi) is 10.00. The van der Waals surface area contributed by atoms with Crippen molar-refractivity contribution in [2.75, 3.05) is 25.5 Å². The van der Waals surface area contributed by atoms with Crippen molar-refractivity contribution in [1.82, 2.24) is 15.1 Å². The van der Waals surface area contributed by atoms with Gasteiger partial charge in [0.25, 0.3) is 11.8 Å². The highest BCUT2D eigenvalue weighted by Gasteiger charge is 2.74.